The fraction of sp³-hybridized carbons (Fsp3) is 0.0625. The number of nitrogens with zero attached hydrogens (tertiary/aromatic N) is 3. The summed E-state index contributed by atoms with van der Waals surface area (Å²) >= 11 is 0. The summed E-state index contributed by atoms with van der Waals surface area (Å²) in [6.45, 7) is 0. The molecular weight excluding hydrogens is 633 g/mol. The molecule has 1 aliphatic rings. The molecule has 4 heteroatoms. The van der Waals surface area contributed by atoms with Crippen molar-refractivity contribution in [1.29, 1.82) is 0 Å². The van der Waals surface area contributed by atoms with Crippen molar-refractivity contribution in [3.05, 3.63) is 181 Å². The Balaban J connectivity index is 1.27. The van der Waals surface area contributed by atoms with Crippen molar-refractivity contribution in [3.63, 3.8) is 0 Å². The van der Waals surface area contributed by atoms with Crippen LogP contribution in [0.1, 0.15) is 23.6 Å². The van der Waals surface area contributed by atoms with E-state index in [0.717, 1.165) is 17.0 Å². The molecule has 52 heavy (non-hydrogen) atoms. The Labute approximate surface area is 300 Å². The Morgan fingerprint density at radius 2 is 1.04 bits per heavy atom. The number of aliphatic imine (C=N–C) groups is 1. The number of para-hydroxylation sites is 1. The summed E-state index contributed by atoms with van der Waals surface area (Å²) in [6, 6.07) is 61.7. The summed E-state index contributed by atoms with van der Waals surface area (Å²) in [5.41, 5.74) is 4.69. The van der Waals surface area contributed by atoms with Crippen LogP contribution in [0.5, 0.6) is 0 Å². The predicted molar refractivity (Wildman–Crippen MR) is 219 cm³/mol. The van der Waals surface area contributed by atoms with Gasteiger partial charge in [-0.1, -0.05) is 164 Å². The lowest BCUT2D eigenvalue weighted by molar-refractivity contribution is 0.191. The molecule has 0 aliphatic carbocycles. The zero-order valence-electron chi connectivity index (χ0n) is 28.7. The summed E-state index contributed by atoms with van der Waals surface area (Å²) in [5.74, 6) is 0.958. The van der Waals surface area contributed by atoms with Crippen LogP contribution in [0.2, 0.25) is 0 Å². The molecule has 11 rings (SSSR count). The van der Waals surface area contributed by atoms with E-state index in [0.29, 0.717) is 0 Å². The first-order valence-corrected chi connectivity index (χ1v) is 18.0. The van der Waals surface area contributed by atoms with Crippen molar-refractivity contribution in [1.82, 2.24) is 14.8 Å². The van der Waals surface area contributed by atoms with Gasteiger partial charge in [-0.2, -0.15) is 0 Å². The molecule has 2 unspecified atom stereocenters. The first kappa shape index (κ1) is 29.3. The molecule has 0 bridgehead atoms. The number of nitrogens with one attached hydrogen (secondary N) is 1. The summed E-state index contributed by atoms with van der Waals surface area (Å²) in [5, 5.41) is 19.0. The van der Waals surface area contributed by atoms with Crippen LogP contribution in [-0.2, 0) is 0 Å². The van der Waals surface area contributed by atoms with Crippen LogP contribution in [0.25, 0.3) is 75.7 Å². The SMILES string of the molecule is CN1C(c2cccc3ccccc23)=NC(c2cccc3ccccc23)NC1n1c2ccccc2c2c3c4ccccc4ccc3c3ccccc3c21. The fourth-order valence-corrected chi connectivity index (χ4v) is 8.92. The summed E-state index contributed by atoms with van der Waals surface area (Å²) < 4.78 is 2.55. The maximum Gasteiger partial charge on any atom is 0.165 e. The highest BCUT2D eigenvalue weighted by Gasteiger charge is 2.34. The third kappa shape index (κ3) is 4.16. The molecule has 1 aliphatic heterocycles. The van der Waals surface area contributed by atoms with Crippen LogP contribution in [-0.4, -0.2) is 22.4 Å². The number of hydrogen-bond donors (Lipinski definition) is 1. The molecule has 2 atom stereocenters. The van der Waals surface area contributed by atoms with Gasteiger partial charge in [-0.15, -0.1) is 0 Å². The lowest BCUT2D eigenvalue weighted by Crippen LogP contribution is -2.48. The summed E-state index contributed by atoms with van der Waals surface area (Å²) in [4.78, 5) is 7.94. The number of fused-ring (bicyclic) bond motifs is 12. The van der Waals surface area contributed by atoms with E-state index in [1.54, 1.807) is 0 Å². The van der Waals surface area contributed by atoms with Gasteiger partial charge in [0.2, 0.25) is 0 Å². The average Bonchev–Trinajstić information content (AvgIpc) is 3.55. The zero-order valence-corrected chi connectivity index (χ0v) is 28.7. The second-order valence-electron chi connectivity index (χ2n) is 14.0. The molecule has 1 N–H and O–H groups in total. The van der Waals surface area contributed by atoms with Crippen LogP contribution in [0.4, 0.5) is 0 Å². The molecule has 1 aromatic heterocycles. The van der Waals surface area contributed by atoms with Crippen LogP contribution < -0.4 is 5.32 Å². The molecule has 2 heterocycles. The third-order valence-corrected chi connectivity index (χ3v) is 11.2. The highest BCUT2D eigenvalue weighted by Crippen LogP contribution is 2.46. The van der Waals surface area contributed by atoms with E-state index >= 15 is 0 Å². The van der Waals surface area contributed by atoms with Gasteiger partial charge in [0, 0.05) is 34.2 Å². The van der Waals surface area contributed by atoms with Crippen molar-refractivity contribution in [2.75, 3.05) is 7.05 Å². The first-order valence-electron chi connectivity index (χ1n) is 18.0. The Bertz CT molecular complexity index is 3090. The largest absolute Gasteiger partial charge is 0.326 e. The van der Waals surface area contributed by atoms with Crippen LogP contribution in [0.15, 0.2) is 175 Å². The number of amidine groups is 1. The second-order valence-corrected chi connectivity index (χ2v) is 14.0. The minimum Gasteiger partial charge on any atom is -0.326 e. The molecule has 0 spiro atoms. The predicted octanol–water partition coefficient (Wildman–Crippen LogP) is 11.7. The van der Waals surface area contributed by atoms with E-state index in [1.165, 1.54) is 75.7 Å². The van der Waals surface area contributed by atoms with E-state index in [1.807, 2.05) is 0 Å². The highest BCUT2D eigenvalue weighted by molar-refractivity contribution is 6.36. The van der Waals surface area contributed by atoms with Gasteiger partial charge in [-0.25, -0.2) is 4.99 Å². The van der Waals surface area contributed by atoms with Gasteiger partial charge in [-0.3, -0.25) is 5.32 Å². The summed E-state index contributed by atoms with van der Waals surface area (Å²) in [7, 11) is 2.19. The molecule has 4 nitrogen and oxygen atoms in total. The topological polar surface area (TPSA) is 32.6 Å². The Kier molecular flexibility index (Phi) is 6.34. The van der Waals surface area contributed by atoms with Gasteiger partial charge < -0.3 is 9.47 Å². The van der Waals surface area contributed by atoms with Crippen molar-refractivity contribution in [2.45, 2.75) is 12.5 Å². The molecule has 9 aromatic carbocycles. The van der Waals surface area contributed by atoms with Crippen LogP contribution in [0, 0.1) is 0 Å². The minimum absolute atomic E-state index is 0.270. The van der Waals surface area contributed by atoms with Gasteiger partial charge >= 0.3 is 0 Å². The van der Waals surface area contributed by atoms with Crippen molar-refractivity contribution in [2.24, 2.45) is 4.99 Å². The molecule has 0 saturated carbocycles. The molecule has 0 radical (unpaired) electrons. The molecular formula is C48H34N4. The number of aromatic nitrogens is 1. The normalized spacial score (nSPS) is 16.6. The Morgan fingerprint density at radius 3 is 1.83 bits per heavy atom. The van der Waals surface area contributed by atoms with E-state index in [9.17, 15) is 0 Å². The van der Waals surface area contributed by atoms with Gasteiger partial charge in [0.05, 0.1) is 11.0 Å². The molecule has 0 fully saturated rings. The fourth-order valence-electron chi connectivity index (χ4n) is 8.92. The van der Waals surface area contributed by atoms with E-state index in [2.05, 4.69) is 192 Å². The van der Waals surface area contributed by atoms with Gasteiger partial charge in [-0.05, 0) is 54.7 Å². The maximum atomic E-state index is 5.60. The van der Waals surface area contributed by atoms with Crippen molar-refractivity contribution < 1.29 is 0 Å². The lowest BCUT2D eigenvalue weighted by Gasteiger charge is -2.40. The number of benzene rings is 9. The average molecular weight is 667 g/mol. The highest BCUT2D eigenvalue weighted by atomic mass is 15.5. The smallest absolute Gasteiger partial charge is 0.165 e. The van der Waals surface area contributed by atoms with Gasteiger partial charge in [0.15, 0.2) is 6.29 Å². The second kappa shape index (κ2) is 11.3. The molecule has 0 saturated heterocycles. The molecule has 246 valence electrons. The van der Waals surface area contributed by atoms with Gasteiger partial charge in [0.1, 0.15) is 12.0 Å². The zero-order chi connectivity index (χ0) is 34.3. The Morgan fingerprint density at radius 1 is 0.462 bits per heavy atom. The molecule has 10 aromatic rings. The van der Waals surface area contributed by atoms with E-state index in [4.69, 9.17) is 4.99 Å². The van der Waals surface area contributed by atoms with Crippen LogP contribution >= 0.6 is 0 Å². The van der Waals surface area contributed by atoms with Crippen molar-refractivity contribution in [3.8, 4) is 0 Å². The first-order chi connectivity index (χ1) is 25.7. The standard InChI is InChI=1S/C48H34N4/c1-51-47(40-26-13-18-31-15-3-6-20-34(31)40)49-46(39-25-12-17-30-14-2-5-19-33(30)39)50-48(51)52-42-27-11-10-24-41(42)44-43-35-21-7-4-16-32(35)28-29-37(43)36-22-8-9-23-38(36)45(44)52/h2-29,46,48,50H,1H3. The maximum absolute atomic E-state index is 5.60. The third-order valence-electron chi connectivity index (χ3n) is 11.2. The number of rotatable bonds is 3. The van der Waals surface area contributed by atoms with Crippen LogP contribution in [0.3, 0.4) is 0 Å². The summed E-state index contributed by atoms with van der Waals surface area (Å²) in [6.07, 6.45) is -0.571. The van der Waals surface area contributed by atoms with E-state index < -0.39 is 0 Å². The lowest BCUT2D eigenvalue weighted by atomic mass is 9.93. The minimum atomic E-state index is -0.301. The van der Waals surface area contributed by atoms with E-state index in [-0.39, 0.29) is 12.5 Å². The quantitative estimate of drug-likeness (QED) is 0.190. The van der Waals surface area contributed by atoms with Gasteiger partial charge in [0.25, 0.3) is 0 Å². The Hall–Kier alpha value is -6.49. The number of hydrogen-bond acceptors (Lipinski definition) is 3. The molecule has 0 amide bonds. The monoisotopic (exact) mass is 666 g/mol. The van der Waals surface area contributed by atoms with Crippen molar-refractivity contribution >= 4 is 81.5 Å².